The van der Waals surface area contributed by atoms with Crippen molar-refractivity contribution < 1.29 is 0 Å². The van der Waals surface area contributed by atoms with E-state index in [0.29, 0.717) is 6.04 Å². The third-order valence-electron chi connectivity index (χ3n) is 3.47. The molecule has 1 saturated carbocycles. The van der Waals surface area contributed by atoms with E-state index in [9.17, 15) is 0 Å². The number of rotatable bonds is 7. The molecule has 1 aliphatic carbocycles. The fourth-order valence-corrected chi connectivity index (χ4v) is 2.57. The average Bonchev–Trinajstić information content (AvgIpc) is 3.15. The second-order valence-corrected chi connectivity index (χ2v) is 6.32. The molecule has 0 spiro atoms. The molecule has 0 radical (unpaired) electrons. The van der Waals surface area contributed by atoms with Crippen LogP contribution in [0.4, 0.5) is 0 Å². The lowest BCUT2D eigenvalue weighted by Crippen LogP contribution is -2.22. The first kappa shape index (κ1) is 13.3. The largest absolute Gasteiger partial charge is 0.310 e. The molecule has 1 atom stereocenters. The minimum absolute atomic E-state index is 0.563. The molecule has 1 unspecified atom stereocenters. The Morgan fingerprint density at radius 2 is 2.00 bits per heavy atom. The van der Waals surface area contributed by atoms with Gasteiger partial charge in [0.25, 0.3) is 0 Å². The zero-order valence-corrected chi connectivity index (χ0v) is 12.7. The van der Waals surface area contributed by atoms with E-state index in [0.717, 1.165) is 12.5 Å². The minimum Gasteiger partial charge on any atom is -0.310 e. The molecular formula is C15H22IN. The third kappa shape index (κ3) is 4.59. The first-order valence-electron chi connectivity index (χ1n) is 6.78. The monoisotopic (exact) mass is 343 g/mol. The summed E-state index contributed by atoms with van der Waals surface area (Å²) >= 11 is 2.37. The number of hydrogen-bond donors (Lipinski definition) is 1. The fraction of sp³-hybridized carbons (Fsp3) is 0.600. The van der Waals surface area contributed by atoms with Gasteiger partial charge in [-0.1, -0.05) is 31.9 Å². The quantitative estimate of drug-likeness (QED) is 0.718. The van der Waals surface area contributed by atoms with Crippen LogP contribution in [-0.2, 0) is 0 Å². The normalized spacial score (nSPS) is 17.1. The number of hydrogen-bond acceptors (Lipinski definition) is 1. The van der Waals surface area contributed by atoms with Crippen LogP contribution in [0.5, 0.6) is 0 Å². The summed E-state index contributed by atoms with van der Waals surface area (Å²) in [7, 11) is 0. The predicted molar refractivity (Wildman–Crippen MR) is 82.2 cm³/mol. The maximum absolute atomic E-state index is 3.69. The maximum Gasteiger partial charge on any atom is 0.0320 e. The summed E-state index contributed by atoms with van der Waals surface area (Å²) in [4.78, 5) is 0. The second-order valence-electron chi connectivity index (χ2n) is 5.08. The van der Waals surface area contributed by atoms with Crippen molar-refractivity contribution in [2.24, 2.45) is 5.92 Å². The first-order chi connectivity index (χ1) is 8.29. The Balaban J connectivity index is 1.93. The van der Waals surface area contributed by atoms with Gasteiger partial charge in [0.15, 0.2) is 0 Å². The summed E-state index contributed by atoms with van der Waals surface area (Å²) in [5.41, 5.74) is 1.46. The minimum atomic E-state index is 0.563. The Bertz CT molecular complexity index is 329. The molecule has 0 bridgehead atoms. The topological polar surface area (TPSA) is 12.0 Å². The van der Waals surface area contributed by atoms with E-state index in [4.69, 9.17) is 0 Å². The molecule has 0 amide bonds. The van der Waals surface area contributed by atoms with E-state index in [1.165, 1.54) is 41.2 Å². The molecule has 2 rings (SSSR count). The molecule has 94 valence electrons. The summed E-state index contributed by atoms with van der Waals surface area (Å²) < 4.78 is 1.32. The molecular weight excluding hydrogens is 321 g/mol. The van der Waals surface area contributed by atoms with Crippen molar-refractivity contribution in [3.05, 3.63) is 33.4 Å². The molecule has 1 N–H and O–H groups in total. The van der Waals surface area contributed by atoms with Gasteiger partial charge >= 0.3 is 0 Å². The van der Waals surface area contributed by atoms with Crippen molar-refractivity contribution >= 4 is 22.6 Å². The van der Waals surface area contributed by atoms with Crippen molar-refractivity contribution in [1.29, 1.82) is 0 Å². The van der Waals surface area contributed by atoms with Crippen LogP contribution in [-0.4, -0.2) is 6.54 Å². The molecule has 1 fully saturated rings. The summed E-state index contributed by atoms with van der Waals surface area (Å²) in [6.07, 6.45) is 6.84. The first-order valence-corrected chi connectivity index (χ1v) is 7.86. The highest BCUT2D eigenvalue weighted by molar-refractivity contribution is 14.1. The maximum atomic E-state index is 3.69. The molecule has 0 heterocycles. The standard InChI is InChI=1S/C15H22IN/c1-2-11-17-15(10-5-12-3-4-12)13-6-8-14(16)9-7-13/h6-9,12,15,17H,2-5,10-11H2,1H3. The zero-order chi connectivity index (χ0) is 12.1. The molecule has 0 saturated heterocycles. The van der Waals surface area contributed by atoms with Gasteiger partial charge in [0.2, 0.25) is 0 Å². The van der Waals surface area contributed by atoms with Gasteiger partial charge in [-0.2, -0.15) is 0 Å². The van der Waals surface area contributed by atoms with Crippen LogP contribution >= 0.6 is 22.6 Å². The molecule has 1 aromatic rings. The highest BCUT2D eigenvalue weighted by Crippen LogP contribution is 2.35. The highest BCUT2D eigenvalue weighted by Gasteiger charge is 2.22. The van der Waals surface area contributed by atoms with E-state index < -0.39 is 0 Å². The Labute approximate surface area is 119 Å². The summed E-state index contributed by atoms with van der Waals surface area (Å²) in [5, 5.41) is 3.69. The predicted octanol–water partition coefficient (Wildman–Crippen LogP) is 4.52. The second kappa shape index (κ2) is 6.74. The van der Waals surface area contributed by atoms with Crippen molar-refractivity contribution in [1.82, 2.24) is 5.32 Å². The van der Waals surface area contributed by atoms with Crippen LogP contribution in [0.15, 0.2) is 24.3 Å². The van der Waals surface area contributed by atoms with E-state index in [1.54, 1.807) is 0 Å². The molecule has 2 heteroatoms. The van der Waals surface area contributed by atoms with E-state index in [-0.39, 0.29) is 0 Å². The molecule has 0 aliphatic heterocycles. The molecule has 1 aliphatic rings. The van der Waals surface area contributed by atoms with Crippen molar-refractivity contribution in [3.8, 4) is 0 Å². The molecule has 0 aromatic heterocycles. The van der Waals surface area contributed by atoms with Crippen LogP contribution < -0.4 is 5.32 Å². The Morgan fingerprint density at radius 1 is 1.29 bits per heavy atom. The fourth-order valence-electron chi connectivity index (χ4n) is 2.21. The van der Waals surface area contributed by atoms with Crippen LogP contribution in [0, 0.1) is 9.49 Å². The van der Waals surface area contributed by atoms with Crippen LogP contribution in [0.2, 0.25) is 0 Å². The average molecular weight is 343 g/mol. The van der Waals surface area contributed by atoms with E-state index in [2.05, 4.69) is 59.1 Å². The summed E-state index contributed by atoms with van der Waals surface area (Å²) in [5.74, 6) is 1.03. The van der Waals surface area contributed by atoms with Gasteiger partial charge in [-0.15, -0.1) is 0 Å². The van der Waals surface area contributed by atoms with Gasteiger partial charge in [0.05, 0.1) is 0 Å². The molecule has 1 aromatic carbocycles. The van der Waals surface area contributed by atoms with Crippen molar-refractivity contribution in [2.75, 3.05) is 6.54 Å². The van der Waals surface area contributed by atoms with E-state index >= 15 is 0 Å². The van der Waals surface area contributed by atoms with Gasteiger partial charge < -0.3 is 5.32 Å². The number of halogens is 1. The zero-order valence-electron chi connectivity index (χ0n) is 10.6. The smallest absolute Gasteiger partial charge is 0.0320 e. The Morgan fingerprint density at radius 3 is 2.59 bits per heavy atom. The van der Waals surface area contributed by atoms with Crippen molar-refractivity contribution in [2.45, 2.75) is 45.1 Å². The summed E-state index contributed by atoms with van der Waals surface area (Å²) in [6, 6.07) is 9.55. The molecule has 1 nitrogen and oxygen atoms in total. The van der Waals surface area contributed by atoms with Crippen LogP contribution in [0.3, 0.4) is 0 Å². The van der Waals surface area contributed by atoms with Crippen molar-refractivity contribution in [3.63, 3.8) is 0 Å². The third-order valence-corrected chi connectivity index (χ3v) is 4.19. The van der Waals surface area contributed by atoms with Gasteiger partial charge in [-0.05, 0) is 72.0 Å². The Kier molecular flexibility index (Phi) is 5.29. The number of benzene rings is 1. The molecule has 17 heavy (non-hydrogen) atoms. The van der Waals surface area contributed by atoms with Crippen LogP contribution in [0.25, 0.3) is 0 Å². The van der Waals surface area contributed by atoms with Gasteiger partial charge in [-0.3, -0.25) is 0 Å². The van der Waals surface area contributed by atoms with E-state index in [1.807, 2.05) is 0 Å². The summed E-state index contributed by atoms with van der Waals surface area (Å²) in [6.45, 7) is 3.36. The Hall–Kier alpha value is -0.0900. The lowest BCUT2D eigenvalue weighted by molar-refractivity contribution is 0.470. The van der Waals surface area contributed by atoms with Gasteiger partial charge in [0, 0.05) is 9.61 Å². The number of nitrogens with one attached hydrogen (secondary N) is 1. The lowest BCUT2D eigenvalue weighted by atomic mass is 10.0. The lowest BCUT2D eigenvalue weighted by Gasteiger charge is -2.19. The highest BCUT2D eigenvalue weighted by atomic mass is 127. The van der Waals surface area contributed by atoms with Gasteiger partial charge in [0.1, 0.15) is 0 Å². The van der Waals surface area contributed by atoms with Gasteiger partial charge in [-0.25, -0.2) is 0 Å². The van der Waals surface area contributed by atoms with Crippen LogP contribution in [0.1, 0.15) is 50.6 Å². The SMILES string of the molecule is CCCNC(CCC1CC1)c1ccc(I)cc1.